The van der Waals surface area contributed by atoms with Gasteiger partial charge in [0.25, 0.3) is 15.9 Å². The van der Waals surface area contributed by atoms with Crippen LogP contribution in [0.1, 0.15) is 5.56 Å². The molecule has 3 aromatic rings. The summed E-state index contributed by atoms with van der Waals surface area (Å²) >= 11 is 11.9. The molecule has 0 bridgehead atoms. The Morgan fingerprint density at radius 1 is 1.03 bits per heavy atom. The summed E-state index contributed by atoms with van der Waals surface area (Å²) in [6, 6.07) is 17.4. The van der Waals surface area contributed by atoms with Crippen LogP contribution in [-0.4, -0.2) is 27.1 Å². The van der Waals surface area contributed by atoms with Crippen LogP contribution in [0.4, 0.5) is 10.1 Å². The molecule has 160 valence electrons. The molecule has 0 fully saturated rings. The highest BCUT2D eigenvalue weighted by atomic mass is 35.5. The third-order valence-electron chi connectivity index (χ3n) is 4.09. The molecule has 3 aromatic carbocycles. The lowest BCUT2D eigenvalue weighted by atomic mass is 10.2. The maximum absolute atomic E-state index is 14.4. The fraction of sp³-hybridized carbons (Fsp3) is 0.0476. The van der Waals surface area contributed by atoms with E-state index >= 15 is 0 Å². The van der Waals surface area contributed by atoms with Crippen LogP contribution in [0.3, 0.4) is 0 Å². The molecule has 0 heterocycles. The summed E-state index contributed by atoms with van der Waals surface area (Å²) in [7, 11) is -4.22. The molecule has 0 aliphatic rings. The van der Waals surface area contributed by atoms with Gasteiger partial charge in [-0.15, -0.1) is 0 Å². The minimum absolute atomic E-state index is 0.0810. The molecule has 0 aromatic heterocycles. The average molecular weight is 480 g/mol. The highest BCUT2D eigenvalue weighted by Crippen LogP contribution is 2.26. The Morgan fingerprint density at radius 2 is 1.71 bits per heavy atom. The normalized spacial score (nSPS) is 11.5. The number of carbonyl (C=O) groups is 1. The van der Waals surface area contributed by atoms with Gasteiger partial charge in [0.2, 0.25) is 0 Å². The molecule has 31 heavy (non-hydrogen) atoms. The number of amides is 1. The standard InChI is InChI=1S/C21H16Cl2FN3O3S/c22-16-11-10-15(18(23)12-16)13-25-26-21(28)14-27(20-9-5-4-8-19(20)24)31(29,30)17-6-2-1-3-7-17/h1-13H,14H2,(H,26,28)/b25-13-. The molecule has 3 rings (SSSR count). The van der Waals surface area contributed by atoms with Gasteiger partial charge in [0.1, 0.15) is 12.4 Å². The van der Waals surface area contributed by atoms with Crippen molar-refractivity contribution in [2.75, 3.05) is 10.8 Å². The summed E-state index contributed by atoms with van der Waals surface area (Å²) in [6.45, 7) is -0.691. The molecule has 0 saturated carbocycles. The van der Waals surface area contributed by atoms with Crippen LogP contribution in [-0.2, 0) is 14.8 Å². The minimum Gasteiger partial charge on any atom is -0.271 e. The van der Waals surface area contributed by atoms with Gasteiger partial charge in [-0.2, -0.15) is 5.10 Å². The molecule has 0 aliphatic carbocycles. The second kappa shape index (κ2) is 9.91. The molecule has 0 aliphatic heterocycles. The van der Waals surface area contributed by atoms with E-state index in [9.17, 15) is 17.6 Å². The maximum Gasteiger partial charge on any atom is 0.264 e. The summed E-state index contributed by atoms with van der Waals surface area (Å²) < 4.78 is 41.3. The lowest BCUT2D eigenvalue weighted by Gasteiger charge is -2.24. The predicted octanol–water partition coefficient (Wildman–Crippen LogP) is 4.48. The van der Waals surface area contributed by atoms with E-state index in [0.29, 0.717) is 19.9 Å². The van der Waals surface area contributed by atoms with E-state index in [1.807, 2.05) is 0 Å². The second-order valence-corrected chi connectivity index (χ2v) is 8.94. The van der Waals surface area contributed by atoms with E-state index in [1.165, 1.54) is 54.7 Å². The van der Waals surface area contributed by atoms with Crippen molar-refractivity contribution in [3.63, 3.8) is 0 Å². The van der Waals surface area contributed by atoms with Crippen LogP contribution in [0.15, 0.2) is 82.8 Å². The molecule has 1 amide bonds. The Labute approximate surface area is 189 Å². The number of para-hydroxylation sites is 1. The quantitative estimate of drug-likeness (QED) is 0.400. The van der Waals surface area contributed by atoms with E-state index in [2.05, 4.69) is 10.5 Å². The largest absolute Gasteiger partial charge is 0.271 e. The van der Waals surface area contributed by atoms with Crippen LogP contribution in [0.2, 0.25) is 10.0 Å². The highest BCUT2D eigenvalue weighted by molar-refractivity contribution is 7.92. The molecule has 0 unspecified atom stereocenters. The van der Waals surface area contributed by atoms with Crippen LogP contribution < -0.4 is 9.73 Å². The van der Waals surface area contributed by atoms with Crippen molar-refractivity contribution < 1.29 is 17.6 Å². The number of hydrazone groups is 1. The fourth-order valence-electron chi connectivity index (χ4n) is 2.62. The Morgan fingerprint density at radius 3 is 2.39 bits per heavy atom. The number of carbonyl (C=O) groups excluding carboxylic acids is 1. The van der Waals surface area contributed by atoms with E-state index < -0.39 is 28.3 Å². The Balaban J connectivity index is 1.84. The molecule has 0 atom stereocenters. The summed E-state index contributed by atoms with van der Waals surface area (Å²) in [5.41, 5.74) is 2.46. The molecule has 10 heteroatoms. The Bertz CT molecular complexity index is 1220. The van der Waals surface area contributed by atoms with Gasteiger partial charge in [0.15, 0.2) is 0 Å². The molecular formula is C21H16Cl2FN3O3S. The van der Waals surface area contributed by atoms with E-state index in [4.69, 9.17) is 23.2 Å². The van der Waals surface area contributed by atoms with Crippen molar-refractivity contribution in [2.24, 2.45) is 5.10 Å². The van der Waals surface area contributed by atoms with Gasteiger partial charge >= 0.3 is 0 Å². The van der Waals surface area contributed by atoms with Gasteiger partial charge in [0.05, 0.1) is 21.8 Å². The molecular weight excluding hydrogens is 464 g/mol. The van der Waals surface area contributed by atoms with Gasteiger partial charge in [-0.05, 0) is 36.4 Å². The predicted molar refractivity (Wildman–Crippen MR) is 120 cm³/mol. The number of benzene rings is 3. The summed E-state index contributed by atoms with van der Waals surface area (Å²) in [5, 5.41) is 4.56. The van der Waals surface area contributed by atoms with Gasteiger partial charge in [-0.25, -0.2) is 18.2 Å². The van der Waals surface area contributed by atoms with E-state index in [1.54, 1.807) is 18.2 Å². The third kappa shape index (κ3) is 5.61. The van der Waals surface area contributed by atoms with E-state index in [0.717, 1.165) is 6.07 Å². The monoisotopic (exact) mass is 479 g/mol. The number of hydrogen-bond donors (Lipinski definition) is 1. The first-order chi connectivity index (χ1) is 14.8. The highest BCUT2D eigenvalue weighted by Gasteiger charge is 2.28. The number of nitrogens with zero attached hydrogens (tertiary/aromatic N) is 2. The molecule has 0 radical (unpaired) electrons. The first-order valence-corrected chi connectivity index (χ1v) is 11.1. The first kappa shape index (κ1) is 22.7. The number of rotatable bonds is 7. The number of hydrogen-bond acceptors (Lipinski definition) is 4. The lowest BCUT2D eigenvalue weighted by Crippen LogP contribution is -2.40. The number of halogens is 3. The van der Waals surface area contributed by atoms with Crippen molar-refractivity contribution >= 4 is 51.0 Å². The zero-order valence-corrected chi connectivity index (χ0v) is 18.2. The average Bonchev–Trinajstić information content (AvgIpc) is 2.75. The van der Waals surface area contributed by atoms with Crippen LogP contribution in [0.5, 0.6) is 0 Å². The molecule has 0 saturated heterocycles. The molecule has 6 nitrogen and oxygen atoms in total. The van der Waals surface area contributed by atoms with Crippen LogP contribution in [0, 0.1) is 5.82 Å². The molecule has 0 spiro atoms. The van der Waals surface area contributed by atoms with Gasteiger partial charge in [-0.3, -0.25) is 9.10 Å². The Kier molecular flexibility index (Phi) is 7.27. The molecule has 1 N–H and O–H groups in total. The topological polar surface area (TPSA) is 78.8 Å². The van der Waals surface area contributed by atoms with Crippen LogP contribution >= 0.6 is 23.2 Å². The summed E-state index contributed by atoms with van der Waals surface area (Å²) in [4.78, 5) is 12.4. The zero-order valence-electron chi connectivity index (χ0n) is 15.9. The lowest BCUT2D eigenvalue weighted by molar-refractivity contribution is -0.119. The van der Waals surface area contributed by atoms with Gasteiger partial charge in [0, 0.05) is 10.6 Å². The fourth-order valence-corrected chi connectivity index (χ4v) is 4.53. The first-order valence-electron chi connectivity index (χ1n) is 8.88. The SMILES string of the molecule is O=C(CN(c1ccccc1F)S(=O)(=O)c1ccccc1)N/N=C\c1ccc(Cl)cc1Cl. The van der Waals surface area contributed by atoms with Crippen molar-refractivity contribution in [3.05, 3.63) is 94.2 Å². The zero-order chi connectivity index (χ0) is 22.4. The maximum atomic E-state index is 14.4. The van der Waals surface area contributed by atoms with Crippen molar-refractivity contribution in [1.82, 2.24) is 5.43 Å². The number of anilines is 1. The van der Waals surface area contributed by atoms with Gasteiger partial charge < -0.3 is 0 Å². The van der Waals surface area contributed by atoms with Crippen molar-refractivity contribution in [1.29, 1.82) is 0 Å². The van der Waals surface area contributed by atoms with Crippen molar-refractivity contribution in [2.45, 2.75) is 4.90 Å². The summed E-state index contributed by atoms with van der Waals surface area (Å²) in [6.07, 6.45) is 1.29. The van der Waals surface area contributed by atoms with Crippen LogP contribution in [0.25, 0.3) is 0 Å². The smallest absolute Gasteiger partial charge is 0.264 e. The van der Waals surface area contributed by atoms with E-state index in [-0.39, 0.29) is 10.6 Å². The van der Waals surface area contributed by atoms with Crippen molar-refractivity contribution in [3.8, 4) is 0 Å². The minimum atomic E-state index is -4.22. The summed E-state index contributed by atoms with van der Waals surface area (Å²) in [5.74, 6) is -1.56. The Hall–Kier alpha value is -2.94. The second-order valence-electron chi connectivity index (χ2n) is 6.24. The number of nitrogens with one attached hydrogen (secondary N) is 1. The number of sulfonamides is 1. The van der Waals surface area contributed by atoms with Gasteiger partial charge in [-0.1, -0.05) is 59.6 Å². The third-order valence-corrected chi connectivity index (χ3v) is 6.43.